The topological polar surface area (TPSA) is 72.8 Å². The van der Waals surface area contributed by atoms with Crippen LogP contribution in [0.5, 0.6) is 0 Å². The summed E-state index contributed by atoms with van der Waals surface area (Å²) < 4.78 is 33.5. The van der Waals surface area contributed by atoms with Gasteiger partial charge in [-0.2, -0.15) is 12.8 Å². The number of sulfonamides is 1. The van der Waals surface area contributed by atoms with Crippen LogP contribution >= 0.6 is 11.6 Å². The van der Waals surface area contributed by atoms with Gasteiger partial charge in [0.25, 0.3) is 10.0 Å². The SMILES string of the molecule is CCOC(=O)C(/C=C/c1ccc(Cl)cc1)=N\S(=O)(=O)c1ccc(C)cc1. The number of rotatable bonds is 6. The molecule has 5 nitrogen and oxygen atoms in total. The van der Waals surface area contributed by atoms with Gasteiger partial charge in [-0.25, -0.2) is 4.79 Å². The Labute approximate surface area is 158 Å². The van der Waals surface area contributed by atoms with E-state index < -0.39 is 16.0 Å². The van der Waals surface area contributed by atoms with Gasteiger partial charge in [-0.3, -0.25) is 0 Å². The van der Waals surface area contributed by atoms with E-state index in [1.165, 1.54) is 18.2 Å². The van der Waals surface area contributed by atoms with E-state index in [0.29, 0.717) is 5.02 Å². The maximum absolute atomic E-state index is 12.5. The fourth-order valence-electron chi connectivity index (χ4n) is 1.98. The monoisotopic (exact) mass is 391 g/mol. The van der Waals surface area contributed by atoms with Crippen molar-refractivity contribution in [2.24, 2.45) is 4.40 Å². The number of ether oxygens (including phenoxy) is 1. The lowest BCUT2D eigenvalue weighted by Gasteiger charge is -2.04. The number of carbonyl (C=O) groups is 1. The highest BCUT2D eigenvalue weighted by molar-refractivity contribution is 7.90. The zero-order chi connectivity index (χ0) is 19.2. The second-order valence-corrected chi connectivity index (χ2v) is 7.41. The minimum Gasteiger partial charge on any atom is -0.461 e. The molecular formula is C19H18ClNO4S. The predicted molar refractivity (Wildman–Crippen MR) is 103 cm³/mol. The number of esters is 1. The van der Waals surface area contributed by atoms with Crippen LogP contribution in [0.3, 0.4) is 0 Å². The maximum atomic E-state index is 12.5. The third-order valence-electron chi connectivity index (χ3n) is 3.33. The van der Waals surface area contributed by atoms with Crippen molar-refractivity contribution in [2.45, 2.75) is 18.7 Å². The highest BCUT2D eigenvalue weighted by Gasteiger charge is 2.18. The molecule has 0 N–H and O–H groups in total. The lowest BCUT2D eigenvalue weighted by molar-refractivity contribution is -0.134. The summed E-state index contributed by atoms with van der Waals surface area (Å²) in [6.45, 7) is 3.59. The van der Waals surface area contributed by atoms with Crippen molar-refractivity contribution in [2.75, 3.05) is 6.61 Å². The van der Waals surface area contributed by atoms with Crippen molar-refractivity contribution in [1.82, 2.24) is 0 Å². The molecule has 0 saturated heterocycles. The third kappa shape index (κ3) is 5.54. The Bertz CT molecular complexity index is 931. The molecule has 0 bridgehead atoms. The molecule has 0 aliphatic heterocycles. The molecule has 2 aromatic carbocycles. The molecule has 0 radical (unpaired) electrons. The predicted octanol–water partition coefficient (Wildman–Crippen LogP) is 4.05. The first-order valence-electron chi connectivity index (χ1n) is 7.84. The summed E-state index contributed by atoms with van der Waals surface area (Å²) in [6.07, 6.45) is 2.88. The van der Waals surface area contributed by atoms with E-state index in [2.05, 4.69) is 4.40 Å². The van der Waals surface area contributed by atoms with Crippen molar-refractivity contribution in [3.05, 3.63) is 70.8 Å². The minimum atomic E-state index is -4.04. The van der Waals surface area contributed by atoms with E-state index in [4.69, 9.17) is 16.3 Å². The van der Waals surface area contributed by atoms with E-state index in [1.807, 2.05) is 6.92 Å². The molecular weight excluding hydrogens is 374 g/mol. The van der Waals surface area contributed by atoms with Crippen molar-refractivity contribution in [3.8, 4) is 0 Å². The van der Waals surface area contributed by atoms with Gasteiger partial charge in [0.15, 0.2) is 5.71 Å². The summed E-state index contributed by atoms with van der Waals surface area (Å²) in [4.78, 5) is 12.1. The largest absolute Gasteiger partial charge is 0.461 e. The van der Waals surface area contributed by atoms with Gasteiger partial charge in [0.1, 0.15) is 0 Å². The van der Waals surface area contributed by atoms with E-state index in [0.717, 1.165) is 11.1 Å². The van der Waals surface area contributed by atoms with Crippen LogP contribution in [-0.4, -0.2) is 26.7 Å². The van der Waals surface area contributed by atoms with Gasteiger partial charge in [-0.1, -0.05) is 47.5 Å². The van der Waals surface area contributed by atoms with Gasteiger partial charge in [0, 0.05) is 5.02 Å². The van der Waals surface area contributed by atoms with E-state index in [1.54, 1.807) is 49.4 Å². The normalized spacial score (nSPS) is 12.3. The average Bonchev–Trinajstić information content (AvgIpc) is 2.60. The van der Waals surface area contributed by atoms with E-state index in [9.17, 15) is 13.2 Å². The zero-order valence-corrected chi connectivity index (χ0v) is 15.9. The Morgan fingerprint density at radius 2 is 1.73 bits per heavy atom. The van der Waals surface area contributed by atoms with Crippen LogP contribution in [0.1, 0.15) is 18.1 Å². The number of carbonyl (C=O) groups excluding carboxylic acids is 1. The number of aryl methyl sites for hydroxylation is 1. The summed E-state index contributed by atoms with van der Waals surface area (Å²) in [7, 11) is -4.04. The first-order valence-corrected chi connectivity index (χ1v) is 9.66. The Balaban J connectivity index is 2.39. The van der Waals surface area contributed by atoms with E-state index in [-0.39, 0.29) is 17.2 Å². The van der Waals surface area contributed by atoms with Gasteiger partial charge >= 0.3 is 5.97 Å². The molecule has 0 fully saturated rings. The number of benzene rings is 2. The van der Waals surface area contributed by atoms with Crippen LogP contribution in [0.2, 0.25) is 5.02 Å². The maximum Gasteiger partial charge on any atom is 0.357 e. The van der Waals surface area contributed by atoms with Crippen molar-refractivity contribution < 1.29 is 17.9 Å². The van der Waals surface area contributed by atoms with Crippen LogP contribution in [0.4, 0.5) is 0 Å². The van der Waals surface area contributed by atoms with Crippen molar-refractivity contribution >= 4 is 39.4 Å². The van der Waals surface area contributed by atoms with Crippen molar-refractivity contribution in [3.63, 3.8) is 0 Å². The minimum absolute atomic E-state index is 0.00444. The molecule has 0 atom stereocenters. The summed E-state index contributed by atoms with van der Waals surface area (Å²) >= 11 is 5.83. The molecule has 0 saturated carbocycles. The first-order chi connectivity index (χ1) is 12.3. The fourth-order valence-corrected chi connectivity index (χ4v) is 3.09. The third-order valence-corrected chi connectivity index (χ3v) is 4.88. The highest BCUT2D eigenvalue weighted by atomic mass is 35.5. The van der Waals surface area contributed by atoms with E-state index >= 15 is 0 Å². The molecule has 0 aromatic heterocycles. The fraction of sp³-hybridized carbons (Fsp3) is 0.158. The lowest BCUT2D eigenvalue weighted by Crippen LogP contribution is -2.17. The molecule has 7 heteroatoms. The number of hydrogen-bond acceptors (Lipinski definition) is 4. The van der Waals surface area contributed by atoms with Gasteiger partial charge in [-0.05, 0) is 49.8 Å². The molecule has 0 spiro atoms. The lowest BCUT2D eigenvalue weighted by atomic mass is 10.2. The quantitative estimate of drug-likeness (QED) is 0.550. The standard InChI is InChI=1S/C19H18ClNO4S/c1-3-25-19(22)18(13-8-15-6-9-16(20)10-7-15)21-26(23,24)17-11-4-14(2)5-12-17/h4-13H,3H2,1-2H3/b13-8+,21-18-. The number of nitrogens with zero attached hydrogens (tertiary/aromatic N) is 1. The Morgan fingerprint density at radius 1 is 1.12 bits per heavy atom. The van der Waals surface area contributed by atoms with Gasteiger partial charge in [0.2, 0.25) is 0 Å². The van der Waals surface area contributed by atoms with Crippen LogP contribution in [0.25, 0.3) is 6.08 Å². The van der Waals surface area contributed by atoms with Crippen LogP contribution in [-0.2, 0) is 19.6 Å². The Kier molecular flexibility index (Phi) is 6.71. The first kappa shape index (κ1) is 19.9. The molecule has 0 unspecified atom stereocenters. The summed E-state index contributed by atoms with van der Waals surface area (Å²) in [5.41, 5.74) is 1.35. The Morgan fingerprint density at radius 3 is 2.31 bits per heavy atom. The van der Waals surface area contributed by atoms with Gasteiger partial charge in [-0.15, -0.1) is 0 Å². The molecule has 136 valence electrons. The summed E-state index contributed by atoms with van der Waals surface area (Å²) in [5.74, 6) is -0.812. The van der Waals surface area contributed by atoms with Crippen LogP contribution < -0.4 is 0 Å². The molecule has 0 amide bonds. The van der Waals surface area contributed by atoms with Crippen molar-refractivity contribution in [1.29, 1.82) is 0 Å². The second-order valence-electron chi connectivity index (χ2n) is 5.37. The smallest absolute Gasteiger partial charge is 0.357 e. The molecule has 2 rings (SSSR count). The molecule has 26 heavy (non-hydrogen) atoms. The molecule has 0 aliphatic carbocycles. The second kappa shape index (κ2) is 8.78. The summed E-state index contributed by atoms with van der Waals surface area (Å²) in [6, 6.07) is 13.1. The van der Waals surface area contributed by atoms with Crippen LogP contribution in [0.15, 0.2) is 63.9 Å². The number of halogens is 1. The summed E-state index contributed by atoms with van der Waals surface area (Å²) in [5, 5.41) is 0.573. The molecule has 0 heterocycles. The van der Waals surface area contributed by atoms with Gasteiger partial charge in [0.05, 0.1) is 11.5 Å². The molecule has 2 aromatic rings. The Hall–Kier alpha value is -2.44. The van der Waals surface area contributed by atoms with Gasteiger partial charge < -0.3 is 4.74 Å². The highest BCUT2D eigenvalue weighted by Crippen LogP contribution is 2.15. The zero-order valence-electron chi connectivity index (χ0n) is 14.3. The average molecular weight is 392 g/mol. The molecule has 0 aliphatic rings. The number of hydrogen-bond donors (Lipinski definition) is 0. The van der Waals surface area contributed by atoms with Crippen LogP contribution in [0, 0.1) is 6.92 Å².